The lowest BCUT2D eigenvalue weighted by atomic mass is 9.75. The van der Waals surface area contributed by atoms with Crippen LogP contribution in [0.4, 0.5) is 0 Å². The molecule has 1 fully saturated rings. The molecule has 1 aromatic rings. The molecule has 0 aliphatic heterocycles. The molecule has 2 nitrogen and oxygen atoms in total. The minimum atomic E-state index is -0.806. The summed E-state index contributed by atoms with van der Waals surface area (Å²) in [7, 11) is 0. The van der Waals surface area contributed by atoms with Crippen molar-refractivity contribution in [1.29, 1.82) is 0 Å². The Morgan fingerprint density at radius 1 is 1.16 bits per heavy atom. The normalized spacial score (nSPS) is 19.8. The summed E-state index contributed by atoms with van der Waals surface area (Å²) in [5.41, 5.74) is 1.65. The van der Waals surface area contributed by atoms with Crippen LogP contribution in [0.5, 0.6) is 0 Å². The average molecular weight is 261 g/mol. The number of hydrogen-bond donors (Lipinski definition) is 2. The van der Waals surface area contributed by atoms with Crippen LogP contribution in [0, 0.1) is 0 Å². The Morgan fingerprint density at radius 2 is 1.79 bits per heavy atom. The van der Waals surface area contributed by atoms with Crippen LogP contribution in [0.3, 0.4) is 0 Å². The van der Waals surface area contributed by atoms with Crippen molar-refractivity contribution < 1.29 is 5.11 Å². The number of aliphatic hydroxyl groups is 1. The number of nitrogens with one attached hydrogen (secondary N) is 1. The van der Waals surface area contributed by atoms with Gasteiger partial charge in [0.1, 0.15) is 0 Å². The van der Waals surface area contributed by atoms with Gasteiger partial charge in [-0.05, 0) is 57.6 Å². The van der Waals surface area contributed by atoms with Crippen molar-refractivity contribution in [3.8, 4) is 0 Å². The van der Waals surface area contributed by atoms with E-state index in [0.29, 0.717) is 12.5 Å². The highest BCUT2D eigenvalue weighted by Gasteiger charge is 2.31. The van der Waals surface area contributed by atoms with E-state index in [1.54, 1.807) is 0 Å². The lowest BCUT2D eigenvalue weighted by molar-refractivity contribution is 0.0485. The molecule has 2 N–H and O–H groups in total. The van der Waals surface area contributed by atoms with Crippen LogP contribution in [-0.4, -0.2) is 17.2 Å². The molecule has 1 saturated carbocycles. The van der Waals surface area contributed by atoms with Gasteiger partial charge in [-0.15, -0.1) is 0 Å². The van der Waals surface area contributed by atoms with E-state index >= 15 is 0 Å². The number of β-amino-alcohol motifs (C(OH)–C–C–N with tert-alkyl or cyclic N) is 1. The van der Waals surface area contributed by atoms with Gasteiger partial charge >= 0.3 is 0 Å². The van der Waals surface area contributed by atoms with Gasteiger partial charge in [0.25, 0.3) is 0 Å². The molecule has 0 radical (unpaired) electrons. The average Bonchev–Trinajstić information content (AvgIpc) is 2.24. The molecule has 0 heterocycles. The molecule has 1 atom stereocenters. The molecule has 0 amide bonds. The van der Waals surface area contributed by atoms with E-state index in [2.05, 4.69) is 44.3 Å². The van der Waals surface area contributed by atoms with Gasteiger partial charge < -0.3 is 10.4 Å². The number of hydrogen-bond acceptors (Lipinski definition) is 2. The van der Waals surface area contributed by atoms with Gasteiger partial charge in [-0.1, -0.05) is 30.7 Å². The number of benzene rings is 1. The fraction of sp³-hybridized carbons (Fsp3) is 0.647. The first kappa shape index (κ1) is 14.5. The second-order valence-electron chi connectivity index (χ2n) is 7.09. The van der Waals surface area contributed by atoms with E-state index in [0.717, 1.165) is 5.56 Å². The van der Waals surface area contributed by atoms with Gasteiger partial charge in [-0.3, -0.25) is 0 Å². The van der Waals surface area contributed by atoms with E-state index in [-0.39, 0.29) is 5.54 Å². The predicted octanol–water partition coefficient (Wildman–Crippen LogP) is 3.55. The third-order valence-electron chi connectivity index (χ3n) is 4.05. The molecule has 106 valence electrons. The van der Waals surface area contributed by atoms with E-state index in [1.165, 1.54) is 24.8 Å². The molecule has 2 rings (SSSR count). The summed E-state index contributed by atoms with van der Waals surface area (Å²) in [5.74, 6) is 0.650. The first-order chi connectivity index (χ1) is 8.80. The predicted molar refractivity (Wildman–Crippen MR) is 80.4 cm³/mol. The Labute approximate surface area is 117 Å². The smallest absolute Gasteiger partial charge is 0.0995 e. The highest BCUT2D eigenvalue weighted by molar-refractivity contribution is 5.36. The largest absolute Gasteiger partial charge is 0.384 e. The molecular weight excluding hydrogens is 234 g/mol. The van der Waals surface area contributed by atoms with Crippen LogP contribution in [0.1, 0.15) is 64.0 Å². The van der Waals surface area contributed by atoms with Crippen LogP contribution in [-0.2, 0) is 5.60 Å². The van der Waals surface area contributed by atoms with Gasteiger partial charge in [0.15, 0.2) is 0 Å². The zero-order chi connectivity index (χ0) is 14.1. The van der Waals surface area contributed by atoms with Crippen molar-refractivity contribution in [2.75, 3.05) is 6.54 Å². The van der Waals surface area contributed by atoms with Gasteiger partial charge in [-0.2, -0.15) is 0 Å². The van der Waals surface area contributed by atoms with Crippen molar-refractivity contribution in [2.45, 2.75) is 64.0 Å². The maximum atomic E-state index is 10.8. The van der Waals surface area contributed by atoms with Crippen LogP contribution in [0.2, 0.25) is 0 Å². The monoisotopic (exact) mass is 261 g/mol. The maximum Gasteiger partial charge on any atom is 0.0995 e. The molecule has 1 aliphatic carbocycles. The van der Waals surface area contributed by atoms with Gasteiger partial charge in [0, 0.05) is 12.1 Å². The molecule has 0 saturated heterocycles. The van der Waals surface area contributed by atoms with Crippen molar-refractivity contribution in [3.63, 3.8) is 0 Å². The van der Waals surface area contributed by atoms with E-state index in [9.17, 15) is 5.11 Å². The quantitative estimate of drug-likeness (QED) is 0.868. The molecule has 1 unspecified atom stereocenters. The molecule has 1 aromatic carbocycles. The highest BCUT2D eigenvalue weighted by Crippen LogP contribution is 2.40. The van der Waals surface area contributed by atoms with Crippen molar-refractivity contribution in [2.24, 2.45) is 0 Å². The van der Waals surface area contributed by atoms with Crippen LogP contribution < -0.4 is 5.32 Å². The van der Waals surface area contributed by atoms with E-state index < -0.39 is 5.60 Å². The standard InChI is InChI=1S/C17H27NO/c1-16(2,3)18-12-17(4,19)15-11-6-5-10-14(15)13-8-7-9-13/h5-6,10-11,13,18-19H,7-9,12H2,1-4H3. The lowest BCUT2D eigenvalue weighted by Gasteiger charge is -2.35. The molecule has 1 aliphatic rings. The van der Waals surface area contributed by atoms with Crippen LogP contribution in [0.25, 0.3) is 0 Å². The van der Waals surface area contributed by atoms with E-state index in [1.807, 2.05) is 13.0 Å². The van der Waals surface area contributed by atoms with Crippen molar-refractivity contribution in [1.82, 2.24) is 5.32 Å². The Morgan fingerprint density at radius 3 is 2.32 bits per heavy atom. The summed E-state index contributed by atoms with van der Waals surface area (Å²) in [5, 5.41) is 14.2. The van der Waals surface area contributed by atoms with Crippen LogP contribution >= 0.6 is 0 Å². The summed E-state index contributed by atoms with van der Waals surface area (Å²) >= 11 is 0. The SMILES string of the molecule is CC(C)(C)NCC(C)(O)c1ccccc1C1CCC1. The topological polar surface area (TPSA) is 32.3 Å². The first-order valence-corrected chi connectivity index (χ1v) is 7.36. The minimum Gasteiger partial charge on any atom is -0.384 e. The summed E-state index contributed by atoms with van der Waals surface area (Å²) in [6, 6.07) is 8.39. The summed E-state index contributed by atoms with van der Waals surface area (Å²) in [6.45, 7) is 8.88. The van der Waals surface area contributed by atoms with Gasteiger partial charge in [0.05, 0.1) is 5.60 Å². The van der Waals surface area contributed by atoms with Crippen molar-refractivity contribution in [3.05, 3.63) is 35.4 Å². The third-order valence-corrected chi connectivity index (χ3v) is 4.05. The second kappa shape index (κ2) is 5.26. The zero-order valence-corrected chi connectivity index (χ0v) is 12.7. The first-order valence-electron chi connectivity index (χ1n) is 7.36. The summed E-state index contributed by atoms with van der Waals surface area (Å²) < 4.78 is 0. The molecule has 0 aromatic heterocycles. The fourth-order valence-corrected chi connectivity index (χ4v) is 2.60. The second-order valence-corrected chi connectivity index (χ2v) is 7.09. The van der Waals surface area contributed by atoms with Gasteiger partial charge in [-0.25, -0.2) is 0 Å². The summed E-state index contributed by atoms with van der Waals surface area (Å²) in [4.78, 5) is 0. The fourth-order valence-electron chi connectivity index (χ4n) is 2.60. The van der Waals surface area contributed by atoms with Crippen molar-refractivity contribution >= 4 is 0 Å². The Hall–Kier alpha value is -0.860. The van der Waals surface area contributed by atoms with Crippen LogP contribution in [0.15, 0.2) is 24.3 Å². The summed E-state index contributed by atoms with van der Waals surface area (Å²) in [6.07, 6.45) is 3.85. The molecular formula is C17H27NO. The lowest BCUT2D eigenvalue weighted by Crippen LogP contribution is -2.45. The van der Waals surface area contributed by atoms with E-state index in [4.69, 9.17) is 0 Å². The molecule has 19 heavy (non-hydrogen) atoms. The zero-order valence-electron chi connectivity index (χ0n) is 12.7. The third kappa shape index (κ3) is 3.58. The Bertz CT molecular complexity index is 427. The Kier molecular flexibility index (Phi) is 4.03. The molecule has 0 bridgehead atoms. The molecule has 2 heteroatoms. The molecule has 0 spiro atoms. The highest BCUT2D eigenvalue weighted by atomic mass is 16.3. The maximum absolute atomic E-state index is 10.8. The number of rotatable bonds is 4. The Balaban J connectivity index is 2.19. The van der Waals surface area contributed by atoms with Gasteiger partial charge in [0.2, 0.25) is 0 Å². The minimum absolute atomic E-state index is 0.0232.